The van der Waals surface area contributed by atoms with Gasteiger partial charge in [-0.25, -0.2) is 19.4 Å². The number of hydrogen-bond acceptors (Lipinski definition) is 6. The molecule has 0 aromatic carbocycles. The summed E-state index contributed by atoms with van der Waals surface area (Å²) in [6.07, 6.45) is 6.36. The lowest BCUT2D eigenvalue weighted by Crippen LogP contribution is -2.09. The molecule has 0 spiro atoms. The van der Waals surface area contributed by atoms with Crippen molar-refractivity contribution in [1.82, 2.24) is 19.7 Å². The first-order valence-corrected chi connectivity index (χ1v) is 6.95. The van der Waals surface area contributed by atoms with Crippen LogP contribution in [0.4, 0.5) is 5.82 Å². The first-order valence-electron chi connectivity index (χ1n) is 6.95. The molecule has 7 nitrogen and oxygen atoms in total. The lowest BCUT2D eigenvalue weighted by Gasteiger charge is -2.11. The van der Waals surface area contributed by atoms with Gasteiger partial charge in [-0.3, -0.25) is 0 Å². The molecule has 2 aromatic heterocycles. The van der Waals surface area contributed by atoms with Gasteiger partial charge in [0, 0.05) is 18.8 Å². The summed E-state index contributed by atoms with van der Waals surface area (Å²) in [5, 5.41) is 7.26. The van der Waals surface area contributed by atoms with E-state index in [2.05, 4.69) is 27.3 Å². The average molecular weight is 289 g/mol. The Morgan fingerprint density at radius 1 is 1.38 bits per heavy atom. The number of rotatable bonds is 6. The van der Waals surface area contributed by atoms with E-state index < -0.39 is 0 Å². The lowest BCUT2D eigenvalue weighted by atomic mass is 10.1. The van der Waals surface area contributed by atoms with Crippen LogP contribution in [0.3, 0.4) is 0 Å². The van der Waals surface area contributed by atoms with E-state index in [9.17, 15) is 4.79 Å². The standard InChI is InChI=1S/C14H19N5O2/c1-4-6-11-12(15-3)16-9-17-13(11)19-8-10(7-18-19)14(20)21-5-2/h7-9H,4-6H2,1-3H3,(H,15,16,17). The van der Waals surface area contributed by atoms with Crippen LogP contribution in [-0.4, -0.2) is 39.4 Å². The monoisotopic (exact) mass is 289 g/mol. The quantitative estimate of drug-likeness (QED) is 0.817. The maximum atomic E-state index is 11.7. The number of anilines is 1. The van der Waals surface area contributed by atoms with Crippen molar-refractivity contribution in [2.75, 3.05) is 19.0 Å². The molecule has 1 N–H and O–H groups in total. The van der Waals surface area contributed by atoms with E-state index in [1.807, 2.05) is 7.05 Å². The molecule has 0 amide bonds. The van der Waals surface area contributed by atoms with E-state index in [0.717, 1.165) is 24.2 Å². The maximum Gasteiger partial charge on any atom is 0.341 e. The Bertz CT molecular complexity index is 624. The molecule has 0 aliphatic heterocycles. The molecule has 0 atom stereocenters. The van der Waals surface area contributed by atoms with Crippen molar-refractivity contribution in [3.8, 4) is 5.82 Å². The first-order chi connectivity index (χ1) is 10.2. The molecule has 21 heavy (non-hydrogen) atoms. The molecule has 0 aliphatic rings. The summed E-state index contributed by atoms with van der Waals surface area (Å²) in [5.41, 5.74) is 1.38. The molecular formula is C14H19N5O2. The Hall–Kier alpha value is -2.44. The summed E-state index contributed by atoms with van der Waals surface area (Å²) in [6.45, 7) is 4.19. The molecule has 112 valence electrons. The van der Waals surface area contributed by atoms with Gasteiger partial charge in [0.15, 0.2) is 5.82 Å². The van der Waals surface area contributed by atoms with Gasteiger partial charge in [0.1, 0.15) is 12.1 Å². The van der Waals surface area contributed by atoms with E-state index in [1.165, 1.54) is 12.5 Å². The number of ether oxygens (including phenoxy) is 1. The van der Waals surface area contributed by atoms with E-state index in [1.54, 1.807) is 17.8 Å². The van der Waals surface area contributed by atoms with Crippen LogP contribution in [0.1, 0.15) is 36.2 Å². The SMILES string of the molecule is CCCc1c(NC)ncnc1-n1cc(C(=O)OCC)cn1. The highest BCUT2D eigenvalue weighted by Gasteiger charge is 2.15. The Morgan fingerprint density at radius 3 is 2.86 bits per heavy atom. The summed E-state index contributed by atoms with van der Waals surface area (Å²) in [7, 11) is 1.82. The van der Waals surface area contributed by atoms with Crippen LogP contribution < -0.4 is 5.32 Å². The highest BCUT2D eigenvalue weighted by Crippen LogP contribution is 2.20. The van der Waals surface area contributed by atoms with Crippen molar-refractivity contribution >= 4 is 11.8 Å². The Morgan fingerprint density at radius 2 is 2.19 bits per heavy atom. The predicted molar refractivity (Wildman–Crippen MR) is 78.7 cm³/mol. The zero-order valence-corrected chi connectivity index (χ0v) is 12.5. The minimum atomic E-state index is -0.385. The molecule has 0 aliphatic carbocycles. The molecule has 0 unspecified atom stereocenters. The van der Waals surface area contributed by atoms with Gasteiger partial charge in [0.2, 0.25) is 0 Å². The molecule has 2 rings (SSSR count). The van der Waals surface area contributed by atoms with Crippen LogP contribution in [0.2, 0.25) is 0 Å². The summed E-state index contributed by atoms with van der Waals surface area (Å²) in [4.78, 5) is 20.2. The molecule has 0 bridgehead atoms. The summed E-state index contributed by atoms with van der Waals surface area (Å²) < 4.78 is 6.55. The number of hydrogen-bond donors (Lipinski definition) is 1. The third-order valence-corrected chi connectivity index (χ3v) is 2.97. The zero-order chi connectivity index (χ0) is 15.2. The minimum absolute atomic E-state index is 0.336. The second-order valence-corrected chi connectivity index (χ2v) is 4.42. The fourth-order valence-electron chi connectivity index (χ4n) is 2.05. The van der Waals surface area contributed by atoms with Gasteiger partial charge in [0.25, 0.3) is 0 Å². The number of carbonyl (C=O) groups is 1. The third-order valence-electron chi connectivity index (χ3n) is 2.97. The number of nitrogens with one attached hydrogen (secondary N) is 1. The fraction of sp³-hybridized carbons (Fsp3) is 0.429. The summed E-state index contributed by atoms with van der Waals surface area (Å²) in [5.74, 6) is 1.06. The van der Waals surface area contributed by atoms with E-state index in [-0.39, 0.29) is 5.97 Å². The van der Waals surface area contributed by atoms with E-state index in [4.69, 9.17) is 4.74 Å². The molecule has 2 heterocycles. The van der Waals surface area contributed by atoms with Gasteiger partial charge in [0.05, 0.1) is 18.4 Å². The van der Waals surface area contributed by atoms with Crippen molar-refractivity contribution < 1.29 is 9.53 Å². The smallest absolute Gasteiger partial charge is 0.341 e. The summed E-state index contributed by atoms with van der Waals surface area (Å²) >= 11 is 0. The van der Waals surface area contributed by atoms with Gasteiger partial charge < -0.3 is 10.1 Å². The van der Waals surface area contributed by atoms with Crippen LogP contribution in [0.15, 0.2) is 18.7 Å². The highest BCUT2D eigenvalue weighted by atomic mass is 16.5. The number of esters is 1. The first kappa shape index (κ1) is 15.0. The van der Waals surface area contributed by atoms with Gasteiger partial charge >= 0.3 is 5.97 Å². The number of carbonyl (C=O) groups excluding carboxylic acids is 1. The second-order valence-electron chi connectivity index (χ2n) is 4.42. The van der Waals surface area contributed by atoms with E-state index >= 15 is 0 Å². The molecule has 0 radical (unpaired) electrons. The zero-order valence-electron chi connectivity index (χ0n) is 12.5. The minimum Gasteiger partial charge on any atom is -0.462 e. The molecule has 2 aromatic rings. The summed E-state index contributed by atoms with van der Waals surface area (Å²) in [6, 6.07) is 0. The molecule has 0 saturated carbocycles. The van der Waals surface area contributed by atoms with Crippen LogP contribution in [-0.2, 0) is 11.2 Å². The third kappa shape index (κ3) is 3.18. The Balaban J connectivity index is 2.40. The van der Waals surface area contributed by atoms with Crippen molar-refractivity contribution in [3.05, 3.63) is 29.8 Å². The van der Waals surface area contributed by atoms with Crippen molar-refractivity contribution in [1.29, 1.82) is 0 Å². The molecular weight excluding hydrogens is 270 g/mol. The number of nitrogens with zero attached hydrogens (tertiary/aromatic N) is 4. The highest BCUT2D eigenvalue weighted by molar-refractivity contribution is 5.88. The van der Waals surface area contributed by atoms with E-state index in [0.29, 0.717) is 18.0 Å². The molecule has 7 heteroatoms. The molecule has 0 saturated heterocycles. The van der Waals surface area contributed by atoms with Crippen LogP contribution in [0, 0.1) is 0 Å². The molecule has 0 fully saturated rings. The van der Waals surface area contributed by atoms with Crippen LogP contribution >= 0.6 is 0 Å². The van der Waals surface area contributed by atoms with Crippen molar-refractivity contribution in [2.45, 2.75) is 26.7 Å². The second kappa shape index (κ2) is 6.83. The van der Waals surface area contributed by atoms with Crippen LogP contribution in [0.25, 0.3) is 5.82 Å². The normalized spacial score (nSPS) is 10.4. The average Bonchev–Trinajstić information content (AvgIpc) is 2.98. The van der Waals surface area contributed by atoms with Gasteiger partial charge in [-0.2, -0.15) is 5.10 Å². The Kier molecular flexibility index (Phi) is 4.86. The maximum absolute atomic E-state index is 11.7. The fourth-order valence-corrected chi connectivity index (χ4v) is 2.05. The van der Waals surface area contributed by atoms with Crippen LogP contribution in [0.5, 0.6) is 0 Å². The van der Waals surface area contributed by atoms with Gasteiger partial charge in [-0.15, -0.1) is 0 Å². The lowest BCUT2D eigenvalue weighted by molar-refractivity contribution is 0.0526. The van der Waals surface area contributed by atoms with Gasteiger partial charge in [-0.05, 0) is 13.3 Å². The largest absolute Gasteiger partial charge is 0.462 e. The van der Waals surface area contributed by atoms with Crippen molar-refractivity contribution in [2.24, 2.45) is 0 Å². The number of aromatic nitrogens is 4. The Labute approximate surface area is 123 Å². The predicted octanol–water partition coefficient (Wildman–Crippen LogP) is 1.83. The van der Waals surface area contributed by atoms with Crippen molar-refractivity contribution in [3.63, 3.8) is 0 Å². The topological polar surface area (TPSA) is 81.9 Å². The van der Waals surface area contributed by atoms with Gasteiger partial charge in [-0.1, -0.05) is 13.3 Å².